The average molecular weight is 268 g/mol. The fraction of sp³-hybridized carbons (Fsp3) is 0.714. The van der Waals surface area contributed by atoms with Crippen LogP contribution in [0.25, 0.3) is 0 Å². The van der Waals surface area contributed by atoms with Crippen molar-refractivity contribution in [2.24, 2.45) is 0 Å². The number of nitrogens with zero attached hydrogens (tertiary/aromatic N) is 1. The van der Waals surface area contributed by atoms with Crippen LogP contribution in [-0.2, 0) is 9.47 Å². The van der Waals surface area contributed by atoms with Gasteiger partial charge in [-0.05, 0) is 38.8 Å². The molecule has 1 aromatic rings. The van der Waals surface area contributed by atoms with Gasteiger partial charge in [0.1, 0.15) is 0 Å². The Morgan fingerprint density at radius 1 is 1.47 bits per heavy atom. The van der Waals surface area contributed by atoms with Gasteiger partial charge in [0, 0.05) is 18.0 Å². The molecule has 108 valence electrons. The molecule has 2 atom stereocenters. The van der Waals surface area contributed by atoms with E-state index in [1.54, 1.807) is 0 Å². The van der Waals surface area contributed by atoms with Gasteiger partial charge in [-0.25, -0.2) is 0 Å². The first-order valence-electron chi connectivity index (χ1n) is 6.93. The predicted octanol–water partition coefficient (Wildman–Crippen LogP) is 1.20. The molecule has 0 aromatic carbocycles. The number of nitrogens with one attached hydrogen (secondary N) is 1. The second-order valence-electron chi connectivity index (χ2n) is 5.14. The summed E-state index contributed by atoms with van der Waals surface area (Å²) < 4.78 is 12.9. The number of aliphatic hydroxyl groups excluding tert-OH is 1. The van der Waals surface area contributed by atoms with Crippen LogP contribution in [0, 0.1) is 13.8 Å². The molecule has 2 N–H and O–H groups in total. The molecule has 1 saturated heterocycles. The van der Waals surface area contributed by atoms with Crippen molar-refractivity contribution in [2.75, 3.05) is 31.8 Å². The molecule has 0 saturated carbocycles. The third-order valence-corrected chi connectivity index (χ3v) is 3.39. The van der Waals surface area contributed by atoms with Crippen molar-refractivity contribution in [1.29, 1.82) is 0 Å². The number of aliphatic hydroxyl groups is 1. The Morgan fingerprint density at radius 2 is 2.21 bits per heavy atom. The van der Waals surface area contributed by atoms with Crippen molar-refractivity contribution in [3.63, 3.8) is 0 Å². The van der Waals surface area contributed by atoms with Crippen LogP contribution in [0.15, 0.2) is 12.1 Å². The van der Waals surface area contributed by atoms with Crippen LogP contribution in [0.3, 0.4) is 0 Å². The second kappa shape index (κ2) is 6.93. The molecule has 19 heavy (non-hydrogen) atoms. The minimum absolute atomic E-state index is 0.217. The number of ether oxygens (including phenoxy) is 2. The van der Waals surface area contributed by atoms with Crippen molar-refractivity contribution in [3.8, 4) is 0 Å². The van der Waals surface area contributed by atoms with Gasteiger partial charge in [0.2, 0.25) is 0 Å². The first kappa shape index (κ1) is 14.4. The van der Waals surface area contributed by atoms with Crippen molar-refractivity contribution in [3.05, 3.63) is 23.5 Å². The van der Waals surface area contributed by atoms with Gasteiger partial charge >= 0.3 is 0 Å². The van der Waals surface area contributed by atoms with Gasteiger partial charge in [-0.3, -0.25) is 4.68 Å². The predicted molar refractivity (Wildman–Crippen MR) is 73.9 cm³/mol. The van der Waals surface area contributed by atoms with E-state index in [4.69, 9.17) is 9.47 Å². The van der Waals surface area contributed by atoms with Gasteiger partial charge in [0.15, 0.2) is 0 Å². The summed E-state index contributed by atoms with van der Waals surface area (Å²) in [5.41, 5.74) is 5.45. The van der Waals surface area contributed by atoms with Crippen LogP contribution < -0.4 is 5.43 Å². The van der Waals surface area contributed by atoms with E-state index in [1.165, 1.54) is 0 Å². The lowest BCUT2D eigenvalue weighted by atomic mass is 10.2. The Balaban J connectivity index is 1.62. The molecular formula is C14H24N2O3. The molecule has 0 spiro atoms. The maximum absolute atomic E-state index is 9.86. The number of aromatic nitrogens is 1. The van der Waals surface area contributed by atoms with Crippen molar-refractivity contribution < 1.29 is 14.6 Å². The minimum atomic E-state index is -0.511. The second-order valence-corrected chi connectivity index (χ2v) is 5.14. The average Bonchev–Trinajstić information content (AvgIpc) is 2.99. The third kappa shape index (κ3) is 4.23. The standard InChI is InChI=1S/C14H24N2O3/c1-11-5-6-12(2)16(11)15-8-13(17)9-18-10-14-4-3-7-19-14/h5-6,13-15,17H,3-4,7-10H2,1-2H3. The maximum Gasteiger partial charge on any atom is 0.0961 e. The first-order chi connectivity index (χ1) is 9.16. The number of rotatable bonds is 7. The van der Waals surface area contributed by atoms with Crippen molar-refractivity contribution in [2.45, 2.75) is 38.9 Å². The normalized spacial score (nSPS) is 20.7. The molecule has 5 nitrogen and oxygen atoms in total. The molecule has 1 fully saturated rings. The zero-order chi connectivity index (χ0) is 13.7. The lowest BCUT2D eigenvalue weighted by Gasteiger charge is -2.17. The molecule has 1 aliphatic rings. The highest BCUT2D eigenvalue weighted by atomic mass is 16.5. The molecule has 2 rings (SSSR count). The van der Waals surface area contributed by atoms with Crippen LogP contribution in [0.1, 0.15) is 24.2 Å². The van der Waals surface area contributed by atoms with E-state index < -0.39 is 6.10 Å². The van der Waals surface area contributed by atoms with E-state index in [0.29, 0.717) is 19.8 Å². The van der Waals surface area contributed by atoms with E-state index in [9.17, 15) is 5.11 Å². The first-order valence-corrected chi connectivity index (χ1v) is 6.93. The van der Waals surface area contributed by atoms with Gasteiger partial charge in [-0.15, -0.1) is 0 Å². The van der Waals surface area contributed by atoms with Gasteiger partial charge in [-0.2, -0.15) is 0 Å². The molecule has 2 heterocycles. The maximum atomic E-state index is 9.86. The van der Waals surface area contributed by atoms with Crippen LogP contribution in [0.2, 0.25) is 0 Å². The molecule has 5 heteroatoms. The van der Waals surface area contributed by atoms with Crippen LogP contribution in [-0.4, -0.2) is 48.4 Å². The summed E-state index contributed by atoms with van der Waals surface area (Å²) in [7, 11) is 0. The van der Waals surface area contributed by atoms with Gasteiger partial charge in [-0.1, -0.05) is 0 Å². The zero-order valence-electron chi connectivity index (χ0n) is 11.8. The van der Waals surface area contributed by atoms with Crippen LogP contribution >= 0.6 is 0 Å². The quantitative estimate of drug-likeness (QED) is 0.780. The van der Waals surface area contributed by atoms with Gasteiger partial charge < -0.3 is 20.0 Å². The highest BCUT2D eigenvalue weighted by molar-refractivity contribution is 5.15. The molecule has 2 unspecified atom stereocenters. The van der Waals surface area contributed by atoms with E-state index >= 15 is 0 Å². The van der Waals surface area contributed by atoms with E-state index in [-0.39, 0.29) is 6.10 Å². The van der Waals surface area contributed by atoms with Crippen LogP contribution in [0.4, 0.5) is 0 Å². The third-order valence-electron chi connectivity index (χ3n) is 3.39. The monoisotopic (exact) mass is 268 g/mol. The lowest BCUT2D eigenvalue weighted by Crippen LogP contribution is -2.31. The summed E-state index contributed by atoms with van der Waals surface area (Å²) in [6.07, 6.45) is 1.89. The lowest BCUT2D eigenvalue weighted by molar-refractivity contribution is -0.0142. The highest BCUT2D eigenvalue weighted by Gasteiger charge is 2.16. The molecule has 1 aliphatic heterocycles. The fourth-order valence-corrected chi connectivity index (χ4v) is 2.28. The Labute approximate surface area is 114 Å². The summed E-state index contributed by atoms with van der Waals surface area (Å²) in [6, 6.07) is 4.09. The van der Waals surface area contributed by atoms with E-state index in [1.807, 2.05) is 30.7 Å². The summed E-state index contributed by atoms with van der Waals surface area (Å²) >= 11 is 0. The summed E-state index contributed by atoms with van der Waals surface area (Å²) in [5.74, 6) is 0. The van der Waals surface area contributed by atoms with E-state index in [0.717, 1.165) is 30.8 Å². The van der Waals surface area contributed by atoms with Gasteiger partial charge in [0.05, 0.1) is 32.0 Å². The number of hydrogen-bond acceptors (Lipinski definition) is 4. The molecule has 0 amide bonds. The van der Waals surface area contributed by atoms with Gasteiger partial charge in [0.25, 0.3) is 0 Å². The molecule has 0 radical (unpaired) electrons. The minimum Gasteiger partial charge on any atom is -0.389 e. The summed E-state index contributed by atoms with van der Waals surface area (Å²) in [6.45, 7) is 6.29. The molecule has 1 aromatic heterocycles. The molecule has 0 bridgehead atoms. The Kier molecular flexibility index (Phi) is 5.24. The zero-order valence-corrected chi connectivity index (χ0v) is 11.8. The smallest absolute Gasteiger partial charge is 0.0961 e. The Hall–Kier alpha value is -1.04. The highest BCUT2D eigenvalue weighted by Crippen LogP contribution is 2.12. The number of hydrogen-bond donors (Lipinski definition) is 2. The Bertz CT molecular complexity index is 367. The van der Waals surface area contributed by atoms with Crippen molar-refractivity contribution in [1.82, 2.24) is 4.68 Å². The van der Waals surface area contributed by atoms with Crippen LogP contribution in [0.5, 0.6) is 0 Å². The SMILES string of the molecule is Cc1ccc(C)n1NCC(O)COCC1CCCO1. The topological polar surface area (TPSA) is 55.7 Å². The molecule has 0 aliphatic carbocycles. The largest absolute Gasteiger partial charge is 0.389 e. The number of aryl methyl sites for hydroxylation is 2. The molecular weight excluding hydrogens is 244 g/mol. The Morgan fingerprint density at radius 3 is 2.84 bits per heavy atom. The van der Waals surface area contributed by atoms with Crippen molar-refractivity contribution >= 4 is 0 Å². The fourth-order valence-electron chi connectivity index (χ4n) is 2.28. The summed E-state index contributed by atoms with van der Waals surface area (Å²) in [4.78, 5) is 0. The van der Waals surface area contributed by atoms with E-state index in [2.05, 4.69) is 5.43 Å². The summed E-state index contributed by atoms with van der Waals surface area (Å²) in [5, 5.41) is 9.86.